The molecule has 3 heterocycles. The van der Waals surface area contributed by atoms with Crippen LogP contribution >= 0.6 is 11.6 Å². The van der Waals surface area contributed by atoms with Gasteiger partial charge in [-0.2, -0.15) is 19.6 Å². The maximum atomic E-state index is 14.5. The second-order valence-corrected chi connectivity index (χ2v) is 10.2. The van der Waals surface area contributed by atoms with Gasteiger partial charge in [0, 0.05) is 30.8 Å². The highest BCUT2D eigenvalue weighted by Crippen LogP contribution is 2.42. The number of nitrogens with zero attached hydrogens (tertiary/aromatic N) is 6. The number of nitrogens with one attached hydrogen (secondary N) is 2. The summed E-state index contributed by atoms with van der Waals surface area (Å²) in [6.07, 6.45) is 4.56. The van der Waals surface area contributed by atoms with Crippen molar-refractivity contribution in [2.24, 2.45) is 0 Å². The molecule has 1 fully saturated rings. The molecule has 0 spiro atoms. The van der Waals surface area contributed by atoms with Crippen LogP contribution in [0, 0.1) is 0 Å². The predicted octanol–water partition coefficient (Wildman–Crippen LogP) is 3.93. The first kappa shape index (κ1) is 22.1. The second kappa shape index (κ2) is 7.95. The second-order valence-electron chi connectivity index (χ2n) is 9.75. The summed E-state index contributed by atoms with van der Waals surface area (Å²) >= 11 is 6.05. The minimum Gasteiger partial charge on any atom is -0.389 e. The number of aromatic nitrogens is 6. The molecule has 33 heavy (non-hydrogen) atoms. The van der Waals surface area contributed by atoms with Gasteiger partial charge in [-0.3, -0.25) is 0 Å². The quantitative estimate of drug-likeness (QED) is 0.476. The minimum atomic E-state index is -0.903. The molecule has 2 aliphatic carbocycles. The van der Waals surface area contributed by atoms with Crippen molar-refractivity contribution in [3.05, 3.63) is 34.0 Å². The van der Waals surface area contributed by atoms with Crippen LogP contribution in [0.1, 0.15) is 74.6 Å². The van der Waals surface area contributed by atoms with Gasteiger partial charge < -0.3 is 20.3 Å². The van der Waals surface area contributed by atoms with E-state index in [4.69, 9.17) is 16.6 Å². The molecule has 176 valence electrons. The molecular formula is C22H28ClFN8O. The lowest BCUT2D eigenvalue weighted by Gasteiger charge is -2.25. The number of anilines is 2. The topological polar surface area (TPSA) is 107 Å². The Labute approximate surface area is 196 Å². The average molecular weight is 475 g/mol. The fraction of sp³-hybridized carbons (Fsp3) is 0.545. The van der Waals surface area contributed by atoms with Gasteiger partial charge in [0.05, 0.1) is 23.4 Å². The maximum absolute atomic E-state index is 14.5. The molecule has 0 radical (unpaired) electrons. The number of aliphatic hydroxyl groups is 1. The summed E-state index contributed by atoms with van der Waals surface area (Å²) in [5, 5.41) is 18.3. The lowest BCUT2D eigenvalue weighted by Crippen LogP contribution is -2.37. The Hall–Kier alpha value is -2.72. The lowest BCUT2D eigenvalue weighted by molar-refractivity contribution is 0.0883. The highest BCUT2D eigenvalue weighted by molar-refractivity contribution is 6.32. The summed E-state index contributed by atoms with van der Waals surface area (Å²) < 4.78 is 16.2. The lowest BCUT2D eigenvalue weighted by atomic mass is 9.96. The molecule has 0 saturated heterocycles. The summed E-state index contributed by atoms with van der Waals surface area (Å²) in [6, 6.07) is 0. The van der Waals surface area contributed by atoms with Crippen molar-refractivity contribution in [3.63, 3.8) is 0 Å². The zero-order valence-electron chi connectivity index (χ0n) is 19.2. The van der Waals surface area contributed by atoms with Gasteiger partial charge in [0.15, 0.2) is 11.5 Å². The van der Waals surface area contributed by atoms with E-state index in [1.807, 2.05) is 25.1 Å². The molecule has 1 saturated carbocycles. The number of fused-ring (bicyclic) bond motifs is 2. The van der Waals surface area contributed by atoms with Crippen LogP contribution in [0.25, 0.3) is 11.5 Å². The molecule has 0 aromatic carbocycles. The van der Waals surface area contributed by atoms with E-state index >= 15 is 0 Å². The number of rotatable bonds is 7. The summed E-state index contributed by atoms with van der Waals surface area (Å²) in [5.74, 6) is 1.64. The number of imidazole rings is 1. The molecule has 9 nitrogen and oxygen atoms in total. The third-order valence-electron chi connectivity index (χ3n) is 5.99. The molecule has 11 heteroatoms. The number of hydrogen-bond donors (Lipinski definition) is 3. The Morgan fingerprint density at radius 2 is 2.09 bits per heavy atom. The third kappa shape index (κ3) is 4.29. The Bertz CT molecular complexity index is 1240. The maximum Gasteiger partial charge on any atom is 0.230 e. The Kier molecular flexibility index (Phi) is 5.32. The van der Waals surface area contributed by atoms with Gasteiger partial charge >= 0.3 is 0 Å². The van der Waals surface area contributed by atoms with Crippen molar-refractivity contribution >= 4 is 35.0 Å². The van der Waals surface area contributed by atoms with E-state index in [2.05, 4.69) is 25.4 Å². The van der Waals surface area contributed by atoms with Crippen LogP contribution in [0.4, 0.5) is 16.3 Å². The van der Waals surface area contributed by atoms with Gasteiger partial charge in [0.1, 0.15) is 11.5 Å². The van der Waals surface area contributed by atoms with E-state index in [1.165, 1.54) is 0 Å². The van der Waals surface area contributed by atoms with Gasteiger partial charge in [0.2, 0.25) is 11.9 Å². The van der Waals surface area contributed by atoms with E-state index in [0.717, 1.165) is 29.7 Å². The van der Waals surface area contributed by atoms with Gasteiger partial charge in [-0.05, 0) is 39.0 Å². The molecular weight excluding hydrogens is 447 g/mol. The molecule has 1 unspecified atom stereocenters. The normalized spacial score (nSPS) is 18.7. The molecule has 3 aromatic heterocycles. The first-order chi connectivity index (χ1) is 15.6. The van der Waals surface area contributed by atoms with Crippen LogP contribution < -0.4 is 10.2 Å². The number of aromatic amines is 1. The average Bonchev–Trinajstić information content (AvgIpc) is 3.33. The monoisotopic (exact) mass is 474 g/mol. The molecule has 3 N–H and O–H groups in total. The Morgan fingerprint density at radius 3 is 2.79 bits per heavy atom. The number of H-pyrrole nitrogens is 1. The number of likely N-dealkylation sites (N-methyl/N-ethyl adjacent to an activating group) is 1. The molecule has 2 aliphatic rings. The minimum absolute atomic E-state index is 0.0633. The van der Waals surface area contributed by atoms with Gasteiger partial charge in [-0.25, -0.2) is 9.37 Å². The molecule has 3 aromatic rings. The Morgan fingerprint density at radius 1 is 1.33 bits per heavy atom. The van der Waals surface area contributed by atoms with Crippen LogP contribution in [0.3, 0.4) is 0 Å². The highest BCUT2D eigenvalue weighted by Gasteiger charge is 2.30. The van der Waals surface area contributed by atoms with Crippen LogP contribution in [0.15, 0.2) is 11.2 Å². The summed E-state index contributed by atoms with van der Waals surface area (Å²) in [5.41, 5.74) is 1.98. The molecule has 0 bridgehead atoms. The van der Waals surface area contributed by atoms with Gasteiger partial charge in [-0.1, -0.05) is 18.5 Å². The largest absolute Gasteiger partial charge is 0.389 e. The van der Waals surface area contributed by atoms with Gasteiger partial charge in [0.25, 0.3) is 0 Å². The van der Waals surface area contributed by atoms with E-state index < -0.39 is 11.4 Å². The van der Waals surface area contributed by atoms with Crippen LogP contribution in [-0.4, -0.2) is 53.9 Å². The van der Waals surface area contributed by atoms with Crippen molar-refractivity contribution in [2.45, 2.75) is 64.0 Å². The van der Waals surface area contributed by atoms with Crippen molar-refractivity contribution in [1.82, 2.24) is 29.5 Å². The summed E-state index contributed by atoms with van der Waals surface area (Å²) in [7, 11) is 1.85. The van der Waals surface area contributed by atoms with Crippen molar-refractivity contribution in [1.29, 1.82) is 0 Å². The molecule has 5 rings (SSSR count). The van der Waals surface area contributed by atoms with Gasteiger partial charge in [-0.15, -0.1) is 0 Å². The predicted molar refractivity (Wildman–Crippen MR) is 125 cm³/mol. The summed E-state index contributed by atoms with van der Waals surface area (Å²) in [6.45, 7) is 6.14. The van der Waals surface area contributed by atoms with Crippen LogP contribution in [0.2, 0.25) is 0 Å². The smallest absolute Gasteiger partial charge is 0.230 e. The Balaban J connectivity index is 1.47. The van der Waals surface area contributed by atoms with E-state index in [0.29, 0.717) is 43.1 Å². The van der Waals surface area contributed by atoms with Crippen LogP contribution in [-0.2, 0) is 6.54 Å². The first-order valence-electron chi connectivity index (χ1n) is 11.2. The molecule has 0 amide bonds. The van der Waals surface area contributed by atoms with E-state index in [1.54, 1.807) is 18.4 Å². The van der Waals surface area contributed by atoms with Crippen molar-refractivity contribution in [2.75, 3.05) is 23.8 Å². The standard InChI is InChI=1S/C22H28ClFN8O/c1-11-7-14(23)16(24)18-17(11)27-15(28-18)9-25-20-30-21(31(4)10-22(2,3)33)29-19-13(12-5-6-12)8-26-32(19)20/h8,11-12,33H,5-7,9-10H2,1-4H3,(H,27,28)(H,25,29,30). The zero-order valence-corrected chi connectivity index (χ0v) is 19.9. The van der Waals surface area contributed by atoms with E-state index in [9.17, 15) is 9.50 Å². The fourth-order valence-corrected chi connectivity index (χ4v) is 4.62. The van der Waals surface area contributed by atoms with Crippen molar-refractivity contribution < 1.29 is 9.50 Å². The van der Waals surface area contributed by atoms with Crippen LogP contribution in [0.5, 0.6) is 0 Å². The number of allylic oxidation sites excluding steroid dienone is 1. The van der Waals surface area contributed by atoms with Crippen molar-refractivity contribution in [3.8, 4) is 0 Å². The first-order valence-corrected chi connectivity index (χ1v) is 11.5. The number of hydrogen-bond acceptors (Lipinski definition) is 7. The zero-order chi connectivity index (χ0) is 23.5. The fourth-order valence-electron chi connectivity index (χ4n) is 4.30. The highest BCUT2D eigenvalue weighted by atomic mass is 35.5. The third-order valence-corrected chi connectivity index (χ3v) is 6.31. The molecule has 0 aliphatic heterocycles. The summed E-state index contributed by atoms with van der Waals surface area (Å²) in [4.78, 5) is 18.9. The molecule has 1 atom stereocenters. The number of halogens is 2. The SMILES string of the molecule is CC1CC(Cl)=C(F)c2nc(CNc3nc(N(C)CC(C)(C)O)nc4c(C5CC5)cnn34)[nH]c21. The van der Waals surface area contributed by atoms with E-state index in [-0.39, 0.29) is 16.6 Å².